The fraction of sp³-hybridized carbons (Fsp3) is 0. The van der Waals surface area contributed by atoms with E-state index >= 15 is 0 Å². The van der Waals surface area contributed by atoms with Crippen LogP contribution in [0.4, 0.5) is 120 Å². The Morgan fingerprint density at radius 3 is 1.32 bits per heavy atom. The normalized spacial score (nSPS) is 12.9. The summed E-state index contributed by atoms with van der Waals surface area (Å²) in [6, 6.07) is 113. The molecule has 0 fully saturated rings. The van der Waals surface area contributed by atoms with Gasteiger partial charge in [0.15, 0.2) is 0 Å². The lowest BCUT2D eigenvalue weighted by atomic mass is 9.34. The van der Waals surface area contributed by atoms with Gasteiger partial charge in [0.1, 0.15) is 11.6 Å². The number of anilines is 21. The molecule has 4 aliphatic heterocycles. The lowest BCUT2D eigenvalue weighted by molar-refractivity contribution is 1.10. The first kappa shape index (κ1) is 52.6. The van der Waals surface area contributed by atoms with Gasteiger partial charge in [-0.05, 0) is 162 Å². The van der Waals surface area contributed by atoms with Gasteiger partial charge < -0.3 is 24.5 Å². The molecule has 0 saturated heterocycles. The Morgan fingerprint density at radius 1 is 0.293 bits per heavy atom. The summed E-state index contributed by atoms with van der Waals surface area (Å²) in [4.78, 5) is 33.3. The minimum atomic E-state index is -0.356. The highest BCUT2D eigenvalue weighted by molar-refractivity contribution is 7.00. The summed E-state index contributed by atoms with van der Waals surface area (Å²) in [7, 11) is 0. The molecular weight excluding hydrogens is 1120 g/mol. The molecule has 7 heterocycles. The van der Waals surface area contributed by atoms with Crippen molar-refractivity contribution in [1.82, 2.24) is 15.0 Å². The first-order valence-electron chi connectivity index (χ1n) is 31.1. The van der Waals surface area contributed by atoms with Gasteiger partial charge in [0.2, 0.25) is 0 Å². The molecule has 0 radical (unpaired) electrons. The van der Waals surface area contributed by atoms with Crippen molar-refractivity contribution in [2.75, 3.05) is 34.3 Å². The molecule has 0 N–H and O–H groups in total. The highest BCUT2D eigenvalue weighted by atomic mass is 15.3. The van der Waals surface area contributed by atoms with E-state index in [-0.39, 0.29) is 6.71 Å². The largest absolute Gasteiger partial charge is 0.311 e. The van der Waals surface area contributed by atoms with Crippen molar-refractivity contribution in [2.24, 2.45) is 0 Å². The second kappa shape index (κ2) is 21.7. The summed E-state index contributed by atoms with van der Waals surface area (Å²) in [5.74, 6) is 1.55. The number of rotatable bonds is 11. The smallest absolute Gasteiger partial charge is 0.256 e. The molecule has 0 spiro atoms. The van der Waals surface area contributed by atoms with Crippen molar-refractivity contribution in [1.29, 1.82) is 0 Å². The van der Waals surface area contributed by atoms with Gasteiger partial charge in [-0.2, -0.15) is 0 Å². The van der Waals surface area contributed by atoms with Crippen LogP contribution >= 0.6 is 0 Å². The van der Waals surface area contributed by atoms with Crippen LogP contribution in [0.1, 0.15) is 0 Å². The zero-order valence-electron chi connectivity index (χ0n) is 49.8. The summed E-state index contributed by atoms with van der Waals surface area (Å²) in [5, 5.41) is 0. The predicted molar refractivity (Wildman–Crippen MR) is 380 cm³/mol. The van der Waals surface area contributed by atoms with Crippen LogP contribution < -0.4 is 50.7 Å². The van der Waals surface area contributed by atoms with Crippen LogP contribution in [0.2, 0.25) is 0 Å². The molecule has 0 saturated carbocycles. The second-order valence-corrected chi connectivity index (χ2v) is 23.3. The molecule has 18 rings (SSSR count). The Hall–Kier alpha value is -12.5. The third-order valence-corrected chi connectivity index (χ3v) is 18.1. The summed E-state index contributed by atoms with van der Waals surface area (Å²) < 4.78 is 0. The number of fused-ring (bicyclic) bond motifs is 8. The van der Waals surface area contributed by atoms with Crippen molar-refractivity contribution in [3.63, 3.8) is 0 Å². The number of pyridine rings is 3. The van der Waals surface area contributed by atoms with Gasteiger partial charge in [0, 0.05) is 87.1 Å². The minimum absolute atomic E-state index is 0.356. The Labute approximate surface area is 534 Å². The van der Waals surface area contributed by atoms with E-state index in [1.807, 2.05) is 18.5 Å². The van der Waals surface area contributed by atoms with Crippen molar-refractivity contribution < 1.29 is 0 Å². The van der Waals surface area contributed by atoms with Crippen molar-refractivity contribution in [3.05, 3.63) is 334 Å². The van der Waals surface area contributed by atoms with Crippen molar-refractivity contribution in [2.45, 2.75) is 0 Å². The number of hydrogen-bond donors (Lipinski definition) is 0. The Balaban J connectivity index is 0.985. The molecule has 3 aromatic heterocycles. The third-order valence-electron chi connectivity index (χ3n) is 18.1. The third kappa shape index (κ3) is 8.40. The van der Waals surface area contributed by atoms with E-state index in [2.05, 4.69) is 350 Å². The van der Waals surface area contributed by atoms with Gasteiger partial charge in [-0.3, -0.25) is 19.8 Å². The zero-order valence-corrected chi connectivity index (χ0v) is 49.8. The van der Waals surface area contributed by atoms with Gasteiger partial charge in [0.05, 0.1) is 56.9 Å². The molecule has 11 heteroatoms. The van der Waals surface area contributed by atoms with Gasteiger partial charge in [-0.15, -0.1) is 0 Å². The molecule has 432 valence electrons. The molecule has 10 nitrogen and oxygen atoms in total. The highest BCUT2D eigenvalue weighted by Gasteiger charge is 2.48. The van der Waals surface area contributed by atoms with Gasteiger partial charge >= 0.3 is 0 Å². The van der Waals surface area contributed by atoms with Crippen molar-refractivity contribution >= 4 is 143 Å². The maximum atomic E-state index is 6.13. The van der Waals surface area contributed by atoms with E-state index in [1.54, 1.807) is 0 Å². The van der Waals surface area contributed by atoms with E-state index in [0.29, 0.717) is 0 Å². The molecule has 0 unspecified atom stereocenters. The highest BCUT2D eigenvalue weighted by Crippen LogP contribution is 2.65. The van der Waals surface area contributed by atoms with Crippen LogP contribution in [0.25, 0.3) is 11.3 Å². The summed E-state index contributed by atoms with van der Waals surface area (Å²) >= 11 is 0. The van der Waals surface area contributed by atoms with E-state index in [1.165, 1.54) is 0 Å². The molecule has 0 bridgehead atoms. The second-order valence-electron chi connectivity index (χ2n) is 23.3. The maximum absolute atomic E-state index is 6.13. The molecule has 92 heavy (non-hydrogen) atoms. The summed E-state index contributed by atoms with van der Waals surface area (Å²) in [5.41, 5.74) is 24.3. The quantitative estimate of drug-likeness (QED) is 0.117. The monoisotopic (exact) mass is 1180 g/mol. The van der Waals surface area contributed by atoms with Crippen LogP contribution in [-0.2, 0) is 0 Å². The number of aromatic nitrogens is 3. The molecule has 4 aliphatic rings. The van der Waals surface area contributed by atoms with E-state index < -0.39 is 0 Å². The predicted octanol–water partition coefficient (Wildman–Crippen LogP) is 19.6. The Morgan fingerprint density at radius 2 is 0.761 bits per heavy atom. The van der Waals surface area contributed by atoms with Crippen molar-refractivity contribution in [3.8, 4) is 11.3 Å². The molecule has 0 amide bonds. The summed E-state index contributed by atoms with van der Waals surface area (Å²) in [6.45, 7) is -0.356. The molecular formula is C81H55BN10. The molecule has 11 aromatic carbocycles. The zero-order chi connectivity index (χ0) is 60.6. The Bertz CT molecular complexity index is 5010. The first-order valence-corrected chi connectivity index (χ1v) is 31.1. The molecule has 14 aromatic rings. The van der Waals surface area contributed by atoms with Gasteiger partial charge in [-0.25, -0.2) is 4.98 Å². The van der Waals surface area contributed by atoms with Crippen LogP contribution in [-0.4, -0.2) is 21.7 Å². The molecule has 0 atom stereocenters. The lowest BCUT2D eigenvalue weighted by Crippen LogP contribution is -2.62. The van der Waals surface area contributed by atoms with E-state index in [9.17, 15) is 0 Å². The van der Waals surface area contributed by atoms with Gasteiger partial charge in [0.25, 0.3) is 6.71 Å². The minimum Gasteiger partial charge on any atom is -0.311 e. The van der Waals surface area contributed by atoms with E-state index in [0.717, 1.165) is 147 Å². The fourth-order valence-corrected chi connectivity index (χ4v) is 14.3. The van der Waals surface area contributed by atoms with Crippen LogP contribution in [0.5, 0.6) is 0 Å². The number of nitrogens with zero attached hydrogens (tertiary/aromatic N) is 10. The fourth-order valence-electron chi connectivity index (χ4n) is 14.3. The lowest BCUT2D eigenvalue weighted by Gasteiger charge is -2.49. The number of para-hydroxylation sites is 10. The maximum Gasteiger partial charge on any atom is 0.256 e. The average molecular weight is 1180 g/mol. The van der Waals surface area contributed by atoms with Crippen LogP contribution in [0, 0.1) is 0 Å². The Kier molecular flexibility index (Phi) is 12.4. The first-order chi connectivity index (χ1) is 45.7. The topological polar surface area (TPSA) is 61.4 Å². The van der Waals surface area contributed by atoms with Crippen LogP contribution in [0.15, 0.2) is 334 Å². The van der Waals surface area contributed by atoms with Gasteiger partial charge in [-0.1, -0.05) is 164 Å². The average Bonchev–Trinajstić information content (AvgIpc) is 0.688. The van der Waals surface area contributed by atoms with Crippen LogP contribution in [0.3, 0.4) is 0 Å². The van der Waals surface area contributed by atoms with E-state index in [4.69, 9.17) is 15.0 Å². The summed E-state index contributed by atoms with van der Waals surface area (Å²) in [6.07, 6.45) is 5.90. The number of benzene rings is 11. The SMILES string of the molecule is c1ccc(N(c2ccccc2)c2cc3c4c(c2)N(c2ccccc2)c2cc5c(cc2N4c2ccccc2N3c2ccccc2)B2c3cnccc3N(c3ccccc3)c3cc(N(c4ccccc4)c4ccccc4)nc(c32)N5c2ccccc2-c2ccccn2)cc1. The number of hydrogen-bond acceptors (Lipinski definition) is 10. The standard InChI is InChI=1S/C81H55BN10/c1-8-28-56(29-9-1)86(57-30-10-2-11-31-57)63-50-76-80-77(51-63)90(62-40-20-7-21-41-62)74-53-72-65(52-73(74)91(80)71-46-25-24-45-70(71)89(76)61-38-18-6-19-39-61)82-66-55-83-49-47-69(66)88(60-36-16-5-17-37-60)75-54-78(87(58-32-12-3-13-33-58)59-34-14-4-15-35-59)85-81(79(75)82)92(72)68-44-23-22-42-64(68)67-43-26-27-48-84-67/h1-55H. The molecule has 0 aliphatic carbocycles.